The summed E-state index contributed by atoms with van der Waals surface area (Å²) in [5.74, 6) is -0.385. The van der Waals surface area contributed by atoms with Crippen molar-refractivity contribution in [3.05, 3.63) is 51.7 Å². The molecule has 2 rings (SSSR count). The average molecular weight is 407 g/mol. The van der Waals surface area contributed by atoms with Gasteiger partial charge in [-0.1, -0.05) is 24.3 Å². The number of para-hydroxylation sites is 1. The molecule has 2 aromatic rings. The molecule has 0 saturated carbocycles. The second-order valence-electron chi connectivity index (χ2n) is 5.82. The van der Waals surface area contributed by atoms with Crippen molar-refractivity contribution in [1.82, 2.24) is 5.32 Å². The highest BCUT2D eigenvalue weighted by atomic mass is 32.2. The quantitative estimate of drug-likeness (QED) is 0.626. The third-order valence-corrected chi connectivity index (χ3v) is 5.61. The molecule has 1 aromatic carbocycles. The molecule has 27 heavy (non-hydrogen) atoms. The number of hydrogen-bond donors (Lipinski definition) is 2. The number of benzene rings is 1. The molecule has 0 aliphatic carbocycles. The maximum Gasteiger partial charge on any atom is 0.316 e. The van der Waals surface area contributed by atoms with E-state index in [4.69, 9.17) is 4.74 Å². The normalized spacial score (nSPS) is 10.3. The van der Waals surface area contributed by atoms with Crippen molar-refractivity contribution in [1.29, 1.82) is 0 Å². The summed E-state index contributed by atoms with van der Waals surface area (Å²) in [5, 5.41) is 7.20. The van der Waals surface area contributed by atoms with Crippen LogP contribution in [0.2, 0.25) is 0 Å². The fourth-order valence-electron chi connectivity index (χ4n) is 2.24. The SMILES string of the molecule is Cc1cccc(C)c1NC(=O)CNC(=O)COC(=O)CSCc1cccs1. The van der Waals surface area contributed by atoms with E-state index >= 15 is 0 Å². The minimum absolute atomic E-state index is 0.179. The predicted molar refractivity (Wildman–Crippen MR) is 109 cm³/mol. The first kappa shape index (κ1) is 21.0. The van der Waals surface area contributed by atoms with Crippen LogP contribution in [0, 0.1) is 13.8 Å². The van der Waals surface area contributed by atoms with Gasteiger partial charge in [-0.15, -0.1) is 23.1 Å². The number of thiophene rings is 1. The van der Waals surface area contributed by atoms with E-state index in [2.05, 4.69) is 10.6 Å². The number of ether oxygens (including phenoxy) is 1. The Labute approximate surface area is 166 Å². The fourth-order valence-corrected chi connectivity index (χ4v) is 3.90. The van der Waals surface area contributed by atoms with Gasteiger partial charge in [0.25, 0.3) is 5.91 Å². The molecule has 1 heterocycles. The van der Waals surface area contributed by atoms with Gasteiger partial charge in [0.2, 0.25) is 5.91 Å². The first-order valence-corrected chi connectivity index (χ1v) is 10.4. The van der Waals surface area contributed by atoms with Gasteiger partial charge in [-0.25, -0.2) is 0 Å². The Balaban J connectivity index is 1.62. The molecule has 0 saturated heterocycles. The minimum Gasteiger partial charge on any atom is -0.455 e. The summed E-state index contributed by atoms with van der Waals surface area (Å²) in [4.78, 5) is 36.5. The number of esters is 1. The lowest BCUT2D eigenvalue weighted by molar-refractivity contribution is -0.146. The Morgan fingerprint density at radius 3 is 2.48 bits per heavy atom. The van der Waals surface area contributed by atoms with Crippen molar-refractivity contribution in [3.63, 3.8) is 0 Å². The summed E-state index contributed by atoms with van der Waals surface area (Å²) in [6.07, 6.45) is 0. The average Bonchev–Trinajstić information content (AvgIpc) is 3.15. The van der Waals surface area contributed by atoms with Gasteiger partial charge in [0.1, 0.15) is 0 Å². The molecule has 0 spiro atoms. The highest BCUT2D eigenvalue weighted by Crippen LogP contribution is 2.19. The first-order valence-electron chi connectivity index (χ1n) is 8.34. The highest BCUT2D eigenvalue weighted by molar-refractivity contribution is 7.99. The zero-order valence-electron chi connectivity index (χ0n) is 15.2. The van der Waals surface area contributed by atoms with Crippen molar-refractivity contribution in [2.45, 2.75) is 19.6 Å². The Morgan fingerprint density at radius 2 is 1.81 bits per heavy atom. The van der Waals surface area contributed by atoms with Crippen molar-refractivity contribution in [2.75, 3.05) is 24.2 Å². The van der Waals surface area contributed by atoms with E-state index in [0.29, 0.717) is 0 Å². The van der Waals surface area contributed by atoms with Gasteiger partial charge in [0.05, 0.1) is 12.3 Å². The number of rotatable bonds is 9. The van der Waals surface area contributed by atoms with Gasteiger partial charge < -0.3 is 15.4 Å². The largest absolute Gasteiger partial charge is 0.455 e. The molecule has 0 aliphatic heterocycles. The fraction of sp³-hybridized carbons (Fsp3) is 0.316. The monoisotopic (exact) mass is 406 g/mol. The van der Waals surface area contributed by atoms with Crippen molar-refractivity contribution in [3.8, 4) is 0 Å². The second kappa shape index (κ2) is 10.7. The zero-order chi connectivity index (χ0) is 19.6. The summed E-state index contributed by atoms with van der Waals surface area (Å²) in [6.45, 7) is 3.22. The van der Waals surface area contributed by atoms with Gasteiger partial charge in [0.15, 0.2) is 6.61 Å². The van der Waals surface area contributed by atoms with E-state index in [1.807, 2.05) is 49.6 Å². The second-order valence-corrected chi connectivity index (χ2v) is 7.84. The van der Waals surface area contributed by atoms with E-state index in [-0.39, 0.29) is 18.2 Å². The third-order valence-electron chi connectivity index (χ3n) is 3.60. The van der Waals surface area contributed by atoms with Crippen molar-refractivity contribution >= 4 is 46.6 Å². The van der Waals surface area contributed by atoms with Crippen LogP contribution in [-0.2, 0) is 24.9 Å². The minimum atomic E-state index is -0.511. The molecule has 0 atom stereocenters. The molecule has 8 heteroatoms. The lowest BCUT2D eigenvalue weighted by Crippen LogP contribution is -2.36. The lowest BCUT2D eigenvalue weighted by atomic mass is 10.1. The smallest absolute Gasteiger partial charge is 0.316 e. The van der Waals surface area contributed by atoms with Gasteiger partial charge in [-0.05, 0) is 36.4 Å². The van der Waals surface area contributed by atoms with E-state index in [1.54, 1.807) is 11.3 Å². The number of carbonyl (C=O) groups excluding carboxylic acids is 3. The number of thioether (sulfide) groups is 1. The number of carbonyl (C=O) groups is 3. The van der Waals surface area contributed by atoms with E-state index in [1.165, 1.54) is 16.6 Å². The van der Waals surface area contributed by atoms with Crippen LogP contribution < -0.4 is 10.6 Å². The molecule has 0 fully saturated rings. The molecule has 6 nitrogen and oxygen atoms in total. The van der Waals surface area contributed by atoms with Crippen molar-refractivity contribution in [2.24, 2.45) is 0 Å². The Kier molecular flexibility index (Phi) is 8.35. The zero-order valence-corrected chi connectivity index (χ0v) is 16.9. The maximum absolute atomic E-state index is 12.0. The molecule has 0 aliphatic rings. The van der Waals surface area contributed by atoms with Gasteiger partial charge in [-0.2, -0.15) is 0 Å². The molecule has 0 unspecified atom stereocenters. The van der Waals surface area contributed by atoms with Crippen LogP contribution in [0.15, 0.2) is 35.7 Å². The van der Waals surface area contributed by atoms with Crippen LogP contribution in [0.4, 0.5) is 5.69 Å². The summed E-state index contributed by atoms with van der Waals surface area (Å²) in [6, 6.07) is 9.67. The molecular weight excluding hydrogens is 384 g/mol. The molecular formula is C19H22N2O4S2. The highest BCUT2D eigenvalue weighted by Gasteiger charge is 2.11. The van der Waals surface area contributed by atoms with E-state index in [0.717, 1.165) is 22.6 Å². The molecule has 2 amide bonds. The van der Waals surface area contributed by atoms with Gasteiger partial charge in [0, 0.05) is 16.3 Å². The van der Waals surface area contributed by atoms with Crippen molar-refractivity contribution < 1.29 is 19.1 Å². The summed E-state index contributed by atoms with van der Waals surface area (Å²) < 4.78 is 4.91. The van der Waals surface area contributed by atoms with E-state index < -0.39 is 18.5 Å². The van der Waals surface area contributed by atoms with Gasteiger partial charge in [-0.3, -0.25) is 14.4 Å². The van der Waals surface area contributed by atoms with Crippen LogP contribution in [-0.4, -0.2) is 36.7 Å². The Morgan fingerprint density at radius 1 is 1.07 bits per heavy atom. The number of anilines is 1. The Hall–Kier alpha value is -2.32. The molecule has 0 bridgehead atoms. The molecule has 0 radical (unpaired) electrons. The molecule has 2 N–H and O–H groups in total. The Bertz CT molecular complexity index is 771. The van der Waals surface area contributed by atoms with Crippen LogP contribution in [0.3, 0.4) is 0 Å². The topological polar surface area (TPSA) is 84.5 Å². The summed E-state index contributed by atoms with van der Waals surface area (Å²) in [5.41, 5.74) is 2.64. The number of nitrogens with one attached hydrogen (secondary N) is 2. The summed E-state index contributed by atoms with van der Waals surface area (Å²) in [7, 11) is 0. The summed E-state index contributed by atoms with van der Waals surface area (Å²) >= 11 is 3.06. The van der Waals surface area contributed by atoms with Crippen LogP contribution in [0.25, 0.3) is 0 Å². The van der Waals surface area contributed by atoms with Crippen LogP contribution >= 0.6 is 23.1 Å². The number of amides is 2. The van der Waals surface area contributed by atoms with Crippen LogP contribution in [0.1, 0.15) is 16.0 Å². The molecule has 144 valence electrons. The first-order chi connectivity index (χ1) is 13.0. The molecule has 1 aromatic heterocycles. The van der Waals surface area contributed by atoms with Crippen LogP contribution in [0.5, 0.6) is 0 Å². The third kappa shape index (κ3) is 7.44. The van der Waals surface area contributed by atoms with Gasteiger partial charge >= 0.3 is 5.97 Å². The standard InChI is InChI=1S/C19H22N2O4S2/c1-13-5-3-6-14(2)19(13)21-16(22)9-20-17(23)10-25-18(24)12-26-11-15-7-4-8-27-15/h3-8H,9-12H2,1-2H3,(H,20,23)(H,21,22). The number of aryl methyl sites for hydroxylation is 2. The lowest BCUT2D eigenvalue weighted by Gasteiger charge is -2.12. The maximum atomic E-state index is 12.0. The predicted octanol–water partition coefficient (Wildman–Crippen LogP) is 2.90. The van der Waals surface area contributed by atoms with E-state index in [9.17, 15) is 14.4 Å². The number of hydrogen-bond acceptors (Lipinski definition) is 6.